The second kappa shape index (κ2) is 6.34. The smallest absolute Gasteiger partial charge is 0.277 e. The molecular weight excluding hydrogens is 312 g/mol. The summed E-state index contributed by atoms with van der Waals surface area (Å²) in [4.78, 5) is 28.8. The van der Waals surface area contributed by atoms with Crippen LogP contribution in [0.15, 0.2) is 53.5 Å². The van der Waals surface area contributed by atoms with Crippen molar-refractivity contribution in [1.82, 2.24) is 0 Å². The number of nitrogens with one attached hydrogen (secondary N) is 1. The molecular formula is C18H15ClN2O2. The Morgan fingerprint density at radius 2 is 1.91 bits per heavy atom. The third kappa shape index (κ3) is 3.03. The summed E-state index contributed by atoms with van der Waals surface area (Å²) in [5.74, 6) is -0.388. The van der Waals surface area contributed by atoms with Gasteiger partial charge in [-0.25, -0.2) is 4.99 Å². The molecule has 0 aromatic heterocycles. The van der Waals surface area contributed by atoms with Crippen molar-refractivity contribution in [3.63, 3.8) is 0 Å². The molecule has 1 aliphatic heterocycles. The van der Waals surface area contributed by atoms with Crippen molar-refractivity contribution >= 4 is 34.7 Å². The van der Waals surface area contributed by atoms with Gasteiger partial charge in [-0.2, -0.15) is 0 Å². The maximum absolute atomic E-state index is 12.4. The molecule has 1 heterocycles. The van der Waals surface area contributed by atoms with E-state index in [0.29, 0.717) is 28.3 Å². The largest absolute Gasteiger partial charge is 0.370 e. The summed E-state index contributed by atoms with van der Waals surface area (Å²) in [5, 5.41) is 3.67. The SMILES string of the molecule is CCC(=O)C1Nc2ccc(Cl)cc2/C1=N\C(=O)c1ccccc1. The Balaban J connectivity index is 2.06. The summed E-state index contributed by atoms with van der Waals surface area (Å²) in [7, 11) is 0. The van der Waals surface area contributed by atoms with Crippen LogP contribution in [0.4, 0.5) is 5.69 Å². The van der Waals surface area contributed by atoms with Gasteiger partial charge in [0.2, 0.25) is 0 Å². The molecule has 2 aromatic carbocycles. The van der Waals surface area contributed by atoms with Gasteiger partial charge >= 0.3 is 0 Å². The topological polar surface area (TPSA) is 58.5 Å². The normalized spacial score (nSPS) is 17.7. The quantitative estimate of drug-likeness (QED) is 0.934. The number of hydrogen-bond donors (Lipinski definition) is 1. The molecule has 5 heteroatoms. The van der Waals surface area contributed by atoms with Crippen molar-refractivity contribution in [2.45, 2.75) is 19.4 Å². The second-order valence-electron chi connectivity index (χ2n) is 5.26. The van der Waals surface area contributed by atoms with E-state index in [1.54, 1.807) is 49.4 Å². The number of fused-ring (bicyclic) bond motifs is 1. The number of nitrogens with zero attached hydrogens (tertiary/aromatic N) is 1. The average Bonchev–Trinajstić information content (AvgIpc) is 2.93. The number of Topliss-reactive ketones (excluding diaryl/α,β-unsaturated/α-hetero) is 1. The van der Waals surface area contributed by atoms with Gasteiger partial charge in [-0.1, -0.05) is 36.7 Å². The van der Waals surface area contributed by atoms with Gasteiger partial charge in [0.1, 0.15) is 6.04 Å². The number of ketones is 1. The van der Waals surface area contributed by atoms with E-state index in [2.05, 4.69) is 10.3 Å². The number of halogens is 1. The predicted molar refractivity (Wildman–Crippen MR) is 91.5 cm³/mol. The number of benzene rings is 2. The highest BCUT2D eigenvalue weighted by Crippen LogP contribution is 2.30. The number of rotatable bonds is 3. The fourth-order valence-corrected chi connectivity index (χ4v) is 2.72. The Morgan fingerprint density at radius 1 is 1.17 bits per heavy atom. The molecule has 0 saturated heterocycles. The Bertz CT molecular complexity index is 800. The Hall–Kier alpha value is -2.46. The molecule has 1 atom stereocenters. The summed E-state index contributed by atoms with van der Waals surface area (Å²) in [6, 6.07) is 13.4. The van der Waals surface area contributed by atoms with E-state index in [4.69, 9.17) is 11.6 Å². The fraction of sp³-hybridized carbons (Fsp3) is 0.167. The minimum Gasteiger partial charge on any atom is -0.370 e. The molecule has 0 radical (unpaired) electrons. The van der Waals surface area contributed by atoms with E-state index >= 15 is 0 Å². The van der Waals surface area contributed by atoms with Gasteiger partial charge in [-0.3, -0.25) is 9.59 Å². The lowest BCUT2D eigenvalue weighted by Crippen LogP contribution is -2.32. The molecule has 1 aliphatic rings. The maximum Gasteiger partial charge on any atom is 0.277 e. The highest BCUT2D eigenvalue weighted by molar-refractivity contribution is 6.33. The number of carbonyl (C=O) groups is 2. The van der Waals surface area contributed by atoms with E-state index in [1.807, 2.05) is 6.07 Å². The van der Waals surface area contributed by atoms with Crippen LogP contribution in [0, 0.1) is 0 Å². The molecule has 2 aromatic rings. The van der Waals surface area contributed by atoms with Crippen molar-refractivity contribution < 1.29 is 9.59 Å². The minimum absolute atomic E-state index is 0.0167. The lowest BCUT2D eigenvalue weighted by Gasteiger charge is -2.09. The van der Waals surface area contributed by atoms with Crippen LogP contribution < -0.4 is 5.32 Å². The summed E-state index contributed by atoms with van der Waals surface area (Å²) >= 11 is 6.05. The first kappa shape index (κ1) is 15.4. The molecule has 1 N–H and O–H groups in total. The summed E-state index contributed by atoms with van der Waals surface area (Å²) in [5.41, 5.74) is 2.38. The summed E-state index contributed by atoms with van der Waals surface area (Å²) < 4.78 is 0. The molecule has 0 bridgehead atoms. The van der Waals surface area contributed by atoms with Crippen LogP contribution in [-0.2, 0) is 4.79 Å². The number of carbonyl (C=O) groups excluding carboxylic acids is 2. The maximum atomic E-state index is 12.4. The third-order valence-electron chi connectivity index (χ3n) is 3.74. The zero-order valence-corrected chi connectivity index (χ0v) is 13.3. The van der Waals surface area contributed by atoms with Crippen LogP contribution in [0.1, 0.15) is 29.3 Å². The van der Waals surface area contributed by atoms with E-state index in [9.17, 15) is 9.59 Å². The first-order chi connectivity index (χ1) is 11.1. The summed E-state index contributed by atoms with van der Waals surface area (Å²) in [6.45, 7) is 1.79. The molecule has 23 heavy (non-hydrogen) atoms. The van der Waals surface area contributed by atoms with Crippen LogP contribution in [0.2, 0.25) is 5.02 Å². The molecule has 1 amide bonds. The lowest BCUT2D eigenvalue weighted by molar-refractivity contribution is -0.118. The number of amides is 1. The Morgan fingerprint density at radius 3 is 2.61 bits per heavy atom. The highest BCUT2D eigenvalue weighted by atomic mass is 35.5. The minimum atomic E-state index is -0.610. The van der Waals surface area contributed by atoms with Gasteiger partial charge in [0.15, 0.2) is 5.78 Å². The van der Waals surface area contributed by atoms with Crippen molar-refractivity contribution in [2.75, 3.05) is 5.32 Å². The first-order valence-corrected chi connectivity index (χ1v) is 7.75. The van der Waals surface area contributed by atoms with Crippen molar-refractivity contribution in [2.24, 2.45) is 4.99 Å². The zero-order valence-electron chi connectivity index (χ0n) is 12.5. The van der Waals surface area contributed by atoms with Gasteiger partial charge in [-0.05, 0) is 30.3 Å². The van der Waals surface area contributed by atoms with Gasteiger partial charge in [-0.15, -0.1) is 0 Å². The van der Waals surface area contributed by atoms with E-state index in [1.165, 1.54) is 0 Å². The van der Waals surface area contributed by atoms with E-state index in [-0.39, 0.29) is 11.7 Å². The molecule has 0 spiro atoms. The van der Waals surface area contributed by atoms with Gasteiger partial charge in [0, 0.05) is 28.3 Å². The fourth-order valence-electron chi connectivity index (χ4n) is 2.55. The lowest BCUT2D eigenvalue weighted by atomic mass is 10.0. The van der Waals surface area contributed by atoms with Crippen LogP contribution in [-0.4, -0.2) is 23.4 Å². The van der Waals surface area contributed by atoms with Crippen molar-refractivity contribution in [3.05, 3.63) is 64.7 Å². The number of aliphatic imine (C=N–C) groups is 1. The number of anilines is 1. The van der Waals surface area contributed by atoms with Crippen molar-refractivity contribution in [1.29, 1.82) is 0 Å². The average molecular weight is 327 g/mol. The van der Waals surface area contributed by atoms with Gasteiger partial charge in [0.25, 0.3) is 5.91 Å². The Labute approximate surface area is 139 Å². The number of hydrogen-bond acceptors (Lipinski definition) is 3. The summed E-state index contributed by atoms with van der Waals surface area (Å²) in [6.07, 6.45) is 0.359. The zero-order chi connectivity index (χ0) is 16.4. The van der Waals surface area contributed by atoms with Crippen LogP contribution >= 0.6 is 11.6 Å². The second-order valence-corrected chi connectivity index (χ2v) is 5.69. The van der Waals surface area contributed by atoms with Crippen LogP contribution in [0.25, 0.3) is 0 Å². The highest BCUT2D eigenvalue weighted by Gasteiger charge is 2.33. The molecule has 0 fully saturated rings. The van der Waals surface area contributed by atoms with E-state index in [0.717, 1.165) is 5.69 Å². The van der Waals surface area contributed by atoms with E-state index < -0.39 is 6.04 Å². The van der Waals surface area contributed by atoms with Gasteiger partial charge in [0.05, 0.1) is 5.71 Å². The molecule has 1 unspecified atom stereocenters. The third-order valence-corrected chi connectivity index (χ3v) is 3.98. The molecule has 3 rings (SSSR count). The molecule has 116 valence electrons. The van der Waals surface area contributed by atoms with Crippen LogP contribution in [0.3, 0.4) is 0 Å². The van der Waals surface area contributed by atoms with Gasteiger partial charge < -0.3 is 5.32 Å². The first-order valence-electron chi connectivity index (χ1n) is 7.37. The predicted octanol–water partition coefficient (Wildman–Crippen LogP) is 3.74. The molecule has 0 saturated carbocycles. The van der Waals surface area contributed by atoms with Crippen molar-refractivity contribution in [3.8, 4) is 0 Å². The standard InChI is InChI=1S/C18H15ClN2O2/c1-2-15(22)17-16(13-10-12(19)8-9-14(13)20-17)21-18(23)11-6-4-3-5-7-11/h3-10,17,20H,2H2,1H3/b21-16+. The van der Waals surface area contributed by atoms with Crippen LogP contribution in [0.5, 0.6) is 0 Å². The molecule has 0 aliphatic carbocycles. The Kier molecular flexibility index (Phi) is 4.26. The molecule has 4 nitrogen and oxygen atoms in total. The monoisotopic (exact) mass is 326 g/mol.